The average Bonchev–Trinajstić information content (AvgIpc) is 2.54. The van der Waals surface area contributed by atoms with Gasteiger partial charge in [-0.15, -0.1) is 0 Å². The van der Waals surface area contributed by atoms with E-state index >= 15 is 0 Å². The van der Waals surface area contributed by atoms with Gasteiger partial charge in [-0.05, 0) is 56.4 Å². The average molecular weight is 289 g/mol. The van der Waals surface area contributed by atoms with Crippen LogP contribution in [0.2, 0.25) is 0 Å². The van der Waals surface area contributed by atoms with Crippen LogP contribution in [0.25, 0.3) is 0 Å². The molecule has 1 saturated heterocycles. The number of urea groups is 1. The Morgan fingerprint density at radius 2 is 1.71 bits per heavy atom. The van der Waals surface area contributed by atoms with E-state index in [1.165, 1.54) is 24.9 Å². The Labute approximate surface area is 127 Å². The van der Waals surface area contributed by atoms with Gasteiger partial charge in [0.1, 0.15) is 0 Å². The molecule has 4 nitrogen and oxygen atoms in total. The normalized spacial score (nSPS) is 15.1. The van der Waals surface area contributed by atoms with Gasteiger partial charge in [-0.1, -0.05) is 13.8 Å². The molecule has 21 heavy (non-hydrogen) atoms. The lowest BCUT2D eigenvalue weighted by Gasteiger charge is -2.28. The van der Waals surface area contributed by atoms with E-state index in [0.29, 0.717) is 0 Å². The van der Waals surface area contributed by atoms with Gasteiger partial charge in [0, 0.05) is 30.5 Å². The number of hydrogen-bond donors (Lipinski definition) is 2. The van der Waals surface area contributed by atoms with E-state index in [9.17, 15) is 4.79 Å². The van der Waals surface area contributed by atoms with E-state index in [0.717, 1.165) is 31.6 Å². The van der Waals surface area contributed by atoms with E-state index in [1.54, 1.807) is 0 Å². The molecule has 0 unspecified atom stereocenters. The minimum Gasteiger partial charge on any atom is -0.372 e. The van der Waals surface area contributed by atoms with Gasteiger partial charge >= 0.3 is 6.03 Å². The standard InChI is InChI=1S/C17H27N3O/c1-3-14(4-2)18-17(21)19-15-8-10-16(11-9-15)20-12-6-5-7-13-20/h8-11,14H,3-7,12-13H2,1-2H3,(H2,18,19,21). The molecule has 0 saturated carbocycles. The second-order valence-corrected chi connectivity index (χ2v) is 5.71. The maximum Gasteiger partial charge on any atom is 0.319 e. The first-order valence-electron chi connectivity index (χ1n) is 8.15. The number of benzene rings is 1. The number of carbonyl (C=O) groups excluding carboxylic acids is 1. The van der Waals surface area contributed by atoms with E-state index in [1.807, 2.05) is 12.1 Å². The molecule has 1 fully saturated rings. The summed E-state index contributed by atoms with van der Waals surface area (Å²) in [4.78, 5) is 14.3. The van der Waals surface area contributed by atoms with Crippen molar-refractivity contribution in [2.24, 2.45) is 0 Å². The Bertz CT molecular complexity index is 434. The summed E-state index contributed by atoms with van der Waals surface area (Å²) in [7, 11) is 0. The number of hydrogen-bond acceptors (Lipinski definition) is 2. The van der Waals surface area contributed by atoms with Crippen molar-refractivity contribution < 1.29 is 4.79 Å². The van der Waals surface area contributed by atoms with Gasteiger partial charge in [0.05, 0.1) is 0 Å². The fraction of sp³-hybridized carbons (Fsp3) is 0.588. The van der Waals surface area contributed by atoms with E-state index in [2.05, 4.69) is 41.5 Å². The summed E-state index contributed by atoms with van der Waals surface area (Å²) < 4.78 is 0. The Morgan fingerprint density at radius 1 is 1.10 bits per heavy atom. The highest BCUT2D eigenvalue weighted by Gasteiger charge is 2.11. The smallest absolute Gasteiger partial charge is 0.319 e. The topological polar surface area (TPSA) is 44.4 Å². The molecule has 2 rings (SSSR count). The van der Waals surface area contributed by atoms with Gasteiger partial charge in [0.15, 0.2) is 0 Å². The molecule has 0 bridgehead atoms. The van der Waals surface area contributed by atoms with Crippen molar-refractivity contribution in [2.75, 3.05) is 23.3 Å². The highest BCUT2D eigenvalue weighted by molar-refractivity contribution is 5.89. The largest absolute Gasteiger partial charge is 0.372 e. The number of anilines is 2. The molecule has 1 aliphatic heterocycles. The summed E-state index contributed by atoms with van der Waals surface area (Å²) in [5.41, 5.74) is 2.10. The van der Waals surface area contributed by atoms with E-state index in [-0.39, 0.29) is 12.1 Å². The SMILES string of the molecule is CCC(CC)NC(=O)Nc1ccc(N2CCCCC2)cc1. The molecule has 1 aromatic carbocycles. The van der Waals surface area contributed by atoms with Gasteiger partial charge in [0.2, 0.25) is 0 Å². The highest BCUT2D eigenvalue weighted by Crippen LogP contribution is 2.21. The summed E-state index contributed by atoms with van der Waals surface area (Å²) >= 11 is 0. The molecule has 116 valence electrons. The zero-order valence-corrected chi connectivity index (χ0v) is 13.2. The van der Waals surface area contributed by atoms with Gasteiger partial charge in [-0.25, -0.2) is 4.79 Å². The molecule has 0 radical (unpaired) electrons. The predicted molar refractivity (Wildman–Crippen MR) is 89.0 cm³/mol. The molecule has 1 heterocycles. The van der Waals surface area contributed by atoms with Crippen LogP contribution in [0.4, 0.5) is 16.2 Å². The minimum absolute atomic E-state index is 0.116. The zero-order chi connectivity index (χ0) is 15.1. The Hall–Kier alpha value is -1.71. The van der Waals surface area contributed by atoms with Crippen LogP contribution in [0, 0.1) is 0 Å². The lowest BCUT2D eigenvalue weighted by molar-refractivity contribution is 0.247. The van der Waals surface area contributed by atoms with Gasteiger partial charge in [-0.2, -0.15) is 0 Å². The van der Waals surface area contributed by atoms with Crippen molar-refractivity contribution in [1.82, 2.24) is 5.32 Å². The molecule has 0 aliphatic carbocycles. The first-order chi connectivity index (χ1) is 10.2. The first kappa shape index (κ1) is 15.7. The number of nitrogens with one attached hydrogen (secondary N) is 2. The number of carbonyl (C=O) groups is 1. The highest BCUT2D eigenvalue weighted by atomic mass is 16.2. The van der Waals surface area contributed by atoms with Gasteiger partial charge in [0.25, 0.3) is 0 Å². The van der Waals surface area contributed by atoms with Gasteiger partial charge in [-0.3, -0.25) is 0 Å². The van der Waals surface area contributed by atoms with Crippen LogP contribution in [0.3, 0.4) is 0 Å². The maximum atomic E-state index is 11.9. The quantitative estimate of drug-likeness (QED) is 0.861. The summed E-state index contributed by atoms with van der Waals surface area (Å²) in [6.07, 6.45) is 5.80. The molecule has 1 aromatic rings. The Balaban J connectivity index is 1.88. The third-order valence-corrected chi connectivity index (χ3v) is 4.17. The van der Waals surface area contributed by atoms with Crippen molar-refractivity contribution in [1.29, 1.82) is 0 Å². The van der Waals surface area contributed by atoms with Crippen LogP contribution in [-0.2, 0) is 0 Å². The fourth-order valence-corrected chi connectivity index (χ4v) is 2.75. The first-order valence-corrected chi connectivity index (χ1v) is 8.15. The summed E-state index contributed by atoms with van der Waals surface area (Å²) in [6, 6.07) is 8.29. The second kappa shape index (κ2) is 7.91. The number of piperidine rings is 1. The molecule has 0 spiro atoms. The lowest BCUT2D eigenvalue weighted by Crippen LogP contribution is -2.37. The van der Waals surface area contributed by atoms with Crippen molar-refractivity contribution >= 4 is 17.4 Å². The van der Waals surface area contributed by atoms with Crippen molar-refractivity contribution in [2.45, 2.75) is 52.0 Å². The maximum absolute atomic E-state index is 11.9. The van der Waals surface area contributed by atoms with Crippen LogP contribution < -0.4 is 15.5 Å². The van der Waals surface area contributed by atoms with Crippen LogP contribution in [-0.4, -0.2) is 25.2 Å². The van der Waals surface area contributed by atoms with Crippen LogP contribution in [0.15, 0.2) is 24.3 Å². The van der Waals surface area contributed by atoms with Crippen molar-refractivity contribution in [3.8, 4) is 0 Å². The molecule has 0 aromatic heterocycles. The third-order valence-electron chi connectivity index (χ3n) is 4.17. The van der Waals surface area contributed by atoms with Crippen LogP contribution in [0.1, 0.15) is 46.0 Å². The summed E-state index contributed by atoms with van der Waals surface area (Å²) in [6.45, 7) is 6.45. The molecule has 1 aliphatic rings. The molecule has 4 heteroatoms. The van der Waals surface area contributed by atoms with E-state index < -0.39 is 0 Å². The molecule has 2 amide bonds. The molecule has 2 N–H and O–H groups in total. The van der Waals surface area contributed by atoms with Crippen molar-refractivity contribution in [3.05, 3.63) is 24.3 Å². The summed E-state index contributed by atoms with van der Waals surface area (Å²) in [5.74, 6) is 0. The van der Waals surface area contributed by atoms with E-state index in [4.69, 9.17) is 0 Å². The molecule has 0 atom stereocenters. The Kier molecular flexibility index (Phi) is 5.90. The lowest BCUT2D eigenvalue weighted by atomic mass is 10.1. The zero-order valence-electron chi connectivity index (χ0n) is 13.2. The summed E-state index contributed by atoms with van der Waals surface area (Å²) in [5, 5.41) is 5.88. The van der Waals surface area contributed by atoms with Crippen LogP contribution >= 0.6 is 0 Å². The van der Waals surface area contributed by atoms with Gasteiger partial charge < -0.3 is 15.5 Å². The molecular weight excluding hydrogens is 262 g/mol. The fourth-order valence-electron chi connectivity index (χ4n) is 2.75. The number of nitrogens with zero attached hydrogens (tertiary/aromatic N) is 1. The van der Waals surface area contributed by atoms with Crippen LogP contribution in [0.5, 0.6) is 0 Å². The second-order valence-electron chi connectivity index (χ2n) is 5.71. The molecular formula is C17H27N3O. The third kappa shape index (κ3) is 4.66. The number of rotatable bonds is 5. The van der Waals surface area contributed by atoms with Crippen molar-refractivity contribution in [3.63, 3.8) is 0 Å². The number of amides is 2. The minimum atomic E-state index is -0.116. The Morgan fingerprint density at radius 3 is 2.29 bits per heavy atom. The predicted octanol–water partition coefficient (Wildman–Crippen LogP) is 3.99. The monoisotopic (exact) mass is 289 g/mol.